The molecule has 0 radical (unpaired) electrons. The van der Waals surface area contributed by atoms with Crippen molar-refractivity contribution in [2.45, 2.75) is 32.6 Å². The first kappa shape index (κ1) is 18.9. The van der Waals surface area contributed by atoms with Crippen molar-refractivity contribution in [2.24, 2.45) is 5.92 Å². The number of esters is 1. The van der Waals surface area contributed by atoms with E-state index in [4.69, 9.17) is 10.00 Å². The predicted molar refractivity (Wildman–Crippen MR) is 94.8 cm³/mol. The fourth-order valence-corrected chi connectivity index (χ4v) is 2.60. The molecule has 0 aliphatic heterocycles. The van der Waals surface area contributed by atoms with Crippen molar-refractivity contribution in [1.82, 2.24) is 4.90 Å². The van der Waals surface area contributed by atoms with E-state index in [1.165, 1.54) is 12.8 Å². The molecule has 25 heavy (non-hydrogen) atoms. The van der Waals surface area contributed by atoms with Crippen molar-refractivity contribution in [1.29, 1.82) is 5.26 Å². The van der Waals surface area contributed by atoms with Crippen LogP contribution in [0.4, 0.5) is 5.69 Å². The Balaban J connectivity index is 1.81. The predicted octanol–water partition coefficient (Wildman–Crippen LogP) is 2.55. The van der Waals surface area contributed by atoms with Crippen molar-refractivity contribution >= 4 is 17.6 Å². The zero-order valence-corrected chi connectivity index (χ0v) is 14.7. The lowest BCUT2D eigenvalue weighted by molar-refractivity contribution is -0.143. The third-order valence-corrected chi connectivity index (χ3v) is 4.13. The molecule has 134 valence electrons. The Hall–Kier alpha value is -2.39. The fourth-order valence-electron chi connectivity index (χ4n) is 2.60. The van der Waals surface area contributed by atoms with Crippen molar-refractivity contribution in [2.75, 3.05) is 31.6 Å². The van der Waals surface area contributed by atoms with Gasteiger partial charge in [-0.1, -0.05) is 12.1 Å². The molecule has 0 saturated heterocycles. The van der Waals surface area contributed by atoms with Crippen LogP contribution in [0.3, 0.4) is 0 Å². The number of nitrogens with zero attached hydrogens (tertiary/aromatic N) is 2. The van der Waals surface area contributed by atoms with Crippen LogP contribution >= 0.6 is 0 Å². The molecule has 1 N–H and O–H groups in total. The lowest BCUT2D eigenvalue weighted by Crippen LogP contribution is -2.32. The normalized spacial score (nSPS) is 13.3. The van der Waals surface area contributed by atoms with Gasteiger partial charge in [-0.25, -0.2) is 0 Å². The van der Waals surface area contributed by atoms with E-state index in [9.17, 15) is 9.59 Å². The van der Waals surface area contributed by atoms with Crippen LogP contribution in [-0.2, 0) is 14.3 Å². The van der Waals surface area contributed by atoms with Crippen molar-refractivity contribution < 1.29 is 14.3 Å². The Morgan fingerprint density at radius 1 is 1.28 bits per heavy atom. The van der Waals surface area contributed by atoms with Gasteiger partial charge in [0.15, 0.2) is 0 Å². The smallest absolute Gasteiger partial charge is 0.307 e. The van der Waals surface area contributed by atoms with Gasteiger partial charge >= 0.3 is 5.97 Å². The van der Waals surface area contributed by atoms with E-state index in [2.05, 4.69) is 16.3 Å². The van der Waals surface area contributed by atoms with E-state index in [-0.39, 0.29) is 11.9 Å². The molecule has 0 spiro atoms. The average molecular weight is 343 g/mol. The zero-order valence-electron chi connectivity index (χ0n) is 14.7. The lowest BCUT2D eigenvalue weighted by Gasteiger charge is -2.21. The van der Waals surface area contributed by atoms with Crippen molar-refractivity contribution in [3.8, 4) is 6.07 Å². The second kappa shape index (κ2) is 9.80. The van der Waals surface area contributed by atoms with Crippen LogP contribution in [0.5, 0.6) is 0 Å². The highest BCUT2D eigenvalue weighted by Crippen LogP contribution is 2.29. The van der Waals surface area contributed by atoms with Crippen LogP contribution in [0.2, 0.25) is 0 Å². The minimum absolute atomic E-state index is 0.125. The van der Waals surface area contributed by atoms with Gasteiger partial charge in [0, 0.05) is 26.1 Å². The lowest BCUT2D eigenvalue weighted by atomic mass is 10.2. The first-order valence-electron chi connectivity index (χ1n) is 8.79. The van der Waals surface area contributed by atoms with Crippen LogP contribution in [0, 0.1) is 17.2 Å². The van der Waals surface area contributed by atoms with E-state index in [1.807, 2.05) is 0 Å². The van der Waals surface area contributed by atoms with E-state index in [0.717, 1.165) is 6.54 Å². The number of rotatable bonds is 10. The Kier molecular flexibility index (Phi) is 7.42. The van der Waals surface area contributed by atoms with Gasteiger partial charge in [-0.2, -0.15) is 5.26 Å². The molecule has 1 aromatic rings. The monoisotopic (exact) mass is 343 g/mol. The first-order valence-corrected chi connectivity index (χ1v) is 8.79. The van der Waals surface area contributed by atoms with Crippen LogP contribution in [0.25, 0.3) is 0 Å². The Labute approximate surface area is 148 Å². The Bertz CT molecular complexity index is 635. The Morgan fingerprint density at radius 3 is 2.68 bits per heavy atom. The van der Waals surface area contributed by atoms with Crippen LogP contribution in [-0.4, -0.2) is 43.0 Å². The van der Waals surface area contributed by atoms with E-state index >= 15 is 0 Å². The number of carbonyl (C=O) groups excluding carboxylic acids is 2. The largest absolute Gasteiger partial charge is 0.466 e. The quantitative estimate of drug-likeness (QED) is 0.660. The molecule has 1 saturated carbocycles. The van der Waals surface area contributed by atoms with E-state index in [0.29, 0.717) is 49.7 Å². The second-order valence-corrected chi connectivity index (χ2v) is 6.25. The number of amides is 1. The minimum atomic E-state index is -0.198. The molecule has 1 aromatic carbocycles. The molecule has 1 aliphatic carbocycles. The van der Waals surface area contributed by atoms with E-state index < -0.39 is 0 Å². The molecule has 2 rings (SSSR count). The minimum Gasteiger partial charge on any atom is -0.466 e. The molecular formula is C19H25N3O3. The van der Waals surface area contributed by atoms with Gasteiger partial charge in [-0.05, 0) is 37.8 Å². The summed E-state index contributed by atoms with van der Waals surface area (Å²) in [7, 11) is 0. The standard InChI is InChI=1S/C19H25N3O3/c1-2-25-19(24)10-12-22(14-15-7-8-15)11-9-18(23)21-17-6-4-3-5-16(17)13-20/h3-6,15H,2,7-12,14H2,1H3,(H,21,23). The SMILES string of the molecule is CCOC(=O)CCN(CCC(=O)Nc1ccccc1C#N)CC1CC1. The number of nitriles is 1. The van der Waals surface area contributed by atoms with Gasteiger partial charge in [-0.15, -0.1) is 0 Å². The van der Waals surface area contributed by atoms with Crippen molar-refractivity contribution in [3.63, 3.8) is 0 Å². The van der Waals surface area contributed by atoms with Crippen molar-refractivity contribution in [3.05, 3.63) is 29.8 Å². The van der Waals surface area contributed by atoms with Crippen LogP contribution in [0.15, 0.2) is 24.3 Å². The zero-order chi connectivity index (χ0) is 18.1. The molecule has 0 atom stereocenters. The third-order valence-electron chi connectivity index (χ3n) is 4.13. The first-order chi connectivity index (χ1) is 12.1. The topological polar surface area (TPSA) is 82.4 Å². The molecule has 1 amide bonds. The number of anilines is 1. The third kappa shape index (κ3) is 6.94. The maximum Gasteiger partial charge on any atom is 0.307 e. The highest BCUT2D eigenvalue weighted by molar-refractivity contribution is 5.92. The van der Waals surface area contributed by atoms with Gasteiger partial charge in [0.1, 0.15) is 6.07 Å². The van der Waals surface area contributed by atoms with Gasteiger partial charge in [0.05, 0.1) is 24.3 Å². The number of carbonyl (C=O) groups is 2. The molecule has 1 aliphatic rings. The summed E-state index contributed by atoms with van der Waals surface area (Å²) in [4.78, 5) is 25.9. The summed E-state index contributed by atoms with van der Waals surface area (Å²) in [6, 6.07) is 9.02. The molecular weight excluding hydrogens is 318 g/mol. The summed E-state index contributed by atoms with van der Waals surface area (Å²) in [6.07, 6.45) is 3.12. The summed E-state index contributed by atoms with van der Waals surface area (Å²) >= 11 is 0. The van der Waals surface area contributed by atoms with Gasteiger partial charge in [0.25, 0.3) is 0 Å². The van der Waals surface area contributed by atoms with Crippen LogP contribution in [0.1, 0.15) is 38.2 Å². The van der Waals surface area contributed by atoms with E-state index in [1.54, 1.807) is 31.2 Å². The molecule has 0 heterocycles. The molecule has 1 fully saturated rings. The van der Waals surface area contributed by atoms with Gasteiger partial charge in [0.2, 0.25) is 5.91 Å². The average Bonchev–Trinajstić information content (AvgIpc) is 3.42. The number of hydrogen-bond donors (Lipinski definition) is 1. The van der Waals surface area contributed by atoms with Crippen LogP contribution < -0.4 is 5.32 Å². The number of para-hydroxylation sites is 1. The molecule has 6 nitrogen and oxygen atoms in total. The van der Waals surface area contributed by atoms with Gasteiger partial charge in [-0.3, -0.25) is 9.59 Å². The Morgan fingerprint density at radius 2 is 2.00 bits per heavy atom. The summed E-state index contributed by atoms with van der Waals surface area (Å²) < 4.78 is 4.97. The highest BCUT2D eigenvalue weighted by Gasteiger charge is 2.24. The summed E-state index contributed by atoms with van der Waals surface area (Å²) in [5.41, 5.74) is 0.989. The number of ether oxygens (including phenoxy) is 1. The highest BCUT2D eigenvalue weighted by atomic mass is 16.5. The summed E-state index contributed by atoms with van der Waals surface area (Å²) in [5, 5.41) is 11.9. The number of hydrogen-bond acceptors (Lipinski definition) is 5. The summed E-state index contributed by atoms with van der Waals surface area (Å²) in [5.74, 6) is 0.361. The molecule has 6 heteroatoms. The number of benzene rings is 1. The molecule has 0 bridgehead atoms. The fraction of sp³-hybridized carbons (Fsp3) is 0.526. The molecule has 0 aromatic heterocycles. The maximum atomic E-state index is 12.2. The number of nitrogens with one attached hydrogen (secondary N) is 1. The maximum absolute atomic E-state index is 12.2. The van der Waals surface area contributed by atoms with Gasteiger partial charge < -0.3 is 15.0 Å². The summed E-state index contributed by atoms with van der Waals surface area (Å²) in [6.45, 7) is 4.31. The molecule has 0 unspecified atom stereocenters. The second-order valence-electron chi connectivity index (χ2n) is 6.25.